The maximum Gasteiger partial charge on any atom is 0.212 e. The Labute approximate surface area is 105 Å². The van der Waals surface area contributed by atoms with Gasteiger partial charge in [-0.25, -0.2) is 4.39 Å². The Kier molecular flexibility index (Phi) is 3.53. The van der Waals surface area contributed by atoms with Gasteiger partial charge in [0.25, 0.3) is 0 Å². The van der Waals surface area contributed by atoms with E-state index in [1.807, 2.05) is 0 Å². The van der Waals surface area contributed by atoms with E-state index in [0.29, 0.717) is 5.69 Å². The van der Waals surface area contributed by atoms with Crippen LogP contribution in [0.3, 0.4) is 0 Å². The summed E-state index contributed by atoms with van der Waals surface area (Å²) in [5, 5.41) is 0. The molecule has 0 N–H and O–H groups in total. The Morgan fingerprint density at radius 1 is 1.00 bits per heavy atom. The number of para-hydroxylation sites is 2. The molecule has 1 unspecified atom stereocenters. The van der Waals surface area contributed by atoms with Crippen molar-refractivity contribution < 1.29 is 8.87 Å². The Morgan fingerprint density at radius 2 is 1.61 bits per heavy atom. The van der Waals surface area contributed by atoms with Crippen molar-refractivity contribution >= 4 is 11.4 Å². The SMILES string of the molecule is C=CC[N+](F)(c1ccccc1)c1ccccc1F. The zero-order valence-electron chi connectivity index (χ0n) is 9.89. The quantitative estimate of drug-likeness (QED) is 0.549. The third-order valence-electron chi connectivity index (χ3n) is 2.78. The number of nitrogens with zero attached hydrogens (tertiary/aromatic N) is 1. The highest BCUT2D eigenvalue weighted by atomic mass is 19.2. The molecule has 1 nitrogen and oxygen atoms in total. The van der Waals surface area contributed by atoms with Gasteiger partial charge in [0.2, 0.25) is 5.69 Å². The van der Waals surface area contributed by atoms with Gasteiger partial charge in [0, 0.05) is 22.7 Å². The molecule has 0 aliphatic rings. The molecule has 0 aliphatic heterocycles. The average molecular weight is 246 g/mol. The first-order valence-electron chi connectivity index (χ1n) is 5.68. The molecule has 18 heavy (non-hydrogen) atoms. The van der Waals surface area contributed by atoms with E-state index < -0.39 is 10.5 Å². The summed E-state index contributed by atoms with van der Waals surface area (Å²) in [7, 11) is 0. The third-order valence-corrected chi connectivity index (χ3v) is 2.78. The van der Waals surface area contributed by atoms with E-state index in [1.165, 1.54) is 18.2 Å². The maximum absolute atomic E-state index is 15.1. The summed E-state index contributed by atoms with van der Waals surface area (Å²) in [5.41, 5.74) is 0.367. The largest absolute Gasteiger partial charge is 0.212 e. The molecule has 2 aromatic rings. The van der Waals surface area contributed by atoms with Crippen molar-refractivity contribution in [3.63, 3.8) is 0 Å². The summed E-state index contributed by atoms with van der Waals surface area (Å²) in [6.07, 6.45) is 1.44. The second-order valence-electron chi connectivity index (χ2n) is 3.97. The number of benzene rings is 2. The van der Waals surface area contributed by atoms with Crippen molar-refractivity contribution in [2.75, 3.05) is 6.54 Å². The normalized spacial score (nSPS) is 13.9. The Bertz CT molecular complexity index is 539. The lowest BCUT2D eigenvalue weighted by Gasteiger charge is -2.24. The predicted octanol–water partition coefficient (Wildman–Crippen LogP) is 4.54. The molecule has 0 fully saturated rings. The highest BCUT2D eigenvalue weighted by Crippen LogP contribution is 2.36. The molecular weight excluding hydrogens is 232 g/mol. The first-order valence-corrected chi connectivity index (χ1v) is 5.68. The van der Waals surface area contributed by atoms with Gasteiger partial charge in [-0.2, -0.15) is 0 Å². The van der Waals surface area contributed by atoms with E-state index in [4.69, 9.17) is 0 Å². The molecule has 0 heterocycles. The molecule has 2 aromatic carbocycles. The minimum absolute atomic E-state index is 0.0106. The van der Waals surface area contributed by atoms with E-state index in [9.17, 15) is 4.39 Å². The summed E-state index contributed by atoms with van der Waals surface area (Å²) in [5.74, 6) is -0.564. The fourth-order valence-corrected chi connectivity index (χ4v) is 1.92. The molecular formula is C15H14F2N+. The van der Waals surface area contributed by atoms with Gasteiger partial charge in [-0.1, -0.05) is 41.6 Å². The number of rotatable bonds is 4. The van der Waals surface area contributed by atoms with Crippen LogP contribution in [0.1, 0.15) is 0 Å². The second-order valence-corrected chi connectivity index (χ2v) is 3.97. The van der Waals surface area contributed by atoms with Gasteiger partial charge in [0.15, 0.2) is 11.5 Å². The van der Waals surface area contributed by atoms with Crippen molar-refractivity contribution in [1.29, 1.82) is 0 Å². The maximum atomic E-state index is 15.1. The van der Waals surface area contributed by atoms with Crippen LogP contribution in [0.4, 0.5) is 20.2 Å². The molecule has 0 aliphatic carbocycles. The minimum atomic E-state index is -1.11. The number of hydrogen-bond donors (Lipinski definition) is 0. The van der Waals surface area contributed by atoms with Gasteiger partial charge >= 0.3 is 0 Å². The van der Waals surface area contributed by atoms with Crippen LogP contribution in [0.2, 0.25) is 0 Å². The number of halogens is 2. The first-order chi connectivity index (χ1) is 8.68. The van der Waals surface area contributed by atoms with Crippen molar-refractivity contribution in [3.8, 4) is 0 Å². The third kappa shape index (κ3) is 2.17. The first kappa shape index (κ1) is 12.5. The van der Waals surface area contributed by atoms with Gasteiger partial charge in [0.05, 0.1) is 0 Å². The van der Waals surface area contributed by atoms with Crippen LogP contribution < -0.4 is 4.71 Å². The van der Waals surface area contributed by atoms with Crippen LogP contribution in [0, 0.1) is 5.82 Å². The summed E-state index contributed by atoms with van der Waals surface area (Å²) >= 11 is 0. The summed E-state index contributed by atoms with van der Waals surface area (Å²) in [6, 6.07) is 14.4. The predicted molar refractivity (Wildman–Crippen MR) is 70.5 cm³/mol. The molecule has 2 rings (SSSR count). The smallest absolute Gasteiger partial charge is 0.200 e. The lowest BCUT2D eigenvalue weighted by molar-refractivity contribution is 0.117. The standard InChI is InChI=1S/C15H14F2N/c1-2-12-18(17,13-8-4-3-5-9-13)15-11-7-6-10-14(15)16/h2-11H,1,12H2/q+1. The minimum Gasteiger partial charge on any atom is -0.200 e. The van der Waals surface area contributed by atoms with Gasteiger partial charge in [-0.3, -0.25) is 0 Å². The lowest BCUT2D eigenvalue weighted by atomic mass is 10.2. The van der Waals surface area contributed by atoms with Gasteiger partial charge in [-0.05, 0) is 12.1 Å². The Balaban J connectivity index is 2.58. The zero-order valence-corrected chi connectivity index (χ0v) is 9.89. The Hall–Kier alpha value is -2.00. The van der Waals surface area contributed by atoms with Crippen LogP contribution >= 0.6 is 0 Å². The van der Waals surface area contributed by atoms with Gasteiger partial charge in [0.1, 0.15) is 6.54 Å². The highest BCUT2D eigenvalue weighted by Gasteiger charge is 2.36. The molecule has 1 atom stereocenters. The van der Waals surface area contributed by atoms with E-state index in [1.54, 1.807) is 42.5 Å². The molecule has 0 radical (unpaired) electrons. The number of hydrogen-bond acceptors (Lipinski definition) is 0. The van der Waals surface area contributed by atoms with E-state index in [-0.39, 0.29) is 12.2 Å². The van der Waals surface area contributed by atoms with Gasteiger partial charge < -0.3 is 0 Å². The van der Waals surface area contributed by atoms with Crippen molar-refractivity contribution in [2.45, 2.75) is 0 Å². The monoisotopic (exact) mass is 246 g/mol. The molecule has 0 bridgehead atoms. The molecule has 0 spiro atoms. The van der Waals surface area contributed by atoms with E-state index in [0.717, 1.165) is 0 Å². The fraction of sp³-hybridized carbons (Fsp3) is 0.0667. The van der Waals surface area contributed by atoms with E-state index in [2.05, 4.69) is 6.58 Å². The summed E-state index contributed by atoms with van der Waals surface area (Å²) in [4.78, 5) is 0. The lowest BCUT2D eigenvalue weighted by Crippen LogP contribution is -2.35. The molecule has 0 saturated heterocycles. The van der Waals surface area contributed by atoms with Crippen LogP contribution in [-0.2, 0) is 0 Å². The number of quaternary nitrogens is 1. The molecule has 0 saturated carbocycles. The van der Waals surface area contributed by atoms with Gasteiger partial charge in [-0.15, -0.1) is 0 Å². The van der Waals surface area contributed by atoms with Crippen molar-refractivity contribution in [3.05, 3.63) is 73.1 Å². The summed E-state index contributed by atoms with van der Waals surface area (Å²) < 4.78 is 27.8. The zero-order chi connectivity index (χ0) is 13.0. The van der Waals surface area contributed by atoms with Crippen LogP contribution in [0.5, 0.6) is 0 Å². The van der Waals surface area contributed by atoms with E-state index >= 15 is 4.48 Å². The van der Waals surface area contributed by atoms with Crippen molar-refractivity contribution in [1.82, 2.24) is 4.71 Å². The second kappa shape index (κ2) is 5.10. The summed E-state index contributed by atoms with van der Waals surface area (Å²) in [6.45, 7) is 3.53. The molecule has 3 heteroatoms. The molecule has 0 amide bonds. The van der Waals surface area contributed by atoms with Crippen LogP contribution in [0.15, 0.2) is 67.3 Å². The van der Waals surface area contributed by atoms with Crippen molar-refractivity contribution in [2.24, 2.45) is 0 Å². The molecule has 0 aromatic heterocycles. The van der Waals surface area contributed by atoms with Crippen LogP contribution in [0.25, 0.3) is 0 Å². The topological polar surface area (TPSA) is 0 Å². The Morgan fingerprint density at radius 3 is 2.22 bits per heavy atom. The highest BCUT2D eigenvalue weighted by molar-refractivity contribution is 5.56. The molecule has 92 valence electrons. The average Bonchev–Trinajstić information content (AvgIpc) is 2.40. The fourth-order valence-electron chi connectivity index (χ4n) is 1.92. The van der Waals surface area contributed by atoms with Crippen LogP contribution in [-0.4, -0.2) is 6.54 Å².